The number of nitrogens with two attached hydrogens (primary N) is 1. The Morgan fingerprint density at radius 3 is 2.84 bits per heavy atom. The van der Waals surface area contributed by atoms with Crippen LogP contribution in [0.1, 0.15) is 5.56 Å². The molecule has 0 aliphatic carbocycles. The largest absolute Gasteiger partial charge is 0.486 e. The second-order valence-electron chi connectivity index (χ2n) is 4.27. The smallest absolute Gasteiger partial charge is 0.220 e. The van der Waals surface area contributed by atoms with E-state index in [-0.39, 0.29) is 0 Å². The van der Waals surface area contributed by atoms with Crippen molar-refractivity contribution < 1.29 is 9.47 Å². The predicted octanol–water partition coefficient (Wildman–Crippen LogP) is 1.54. The topological polar surface area (TPSA) is 78.1 Å². The zero-order chi connectivity index (χ0) is 13.2. The Bertz CT molecular complexity index is 649. The molecule has 1 aromatic carbocycles. The van der Waals surface area contributed by atoms with Gasteiger partial charge in [0.25, 0.3) is 0 Å². The molecule has 0 unspecified atom stereocenters. The van der Waals surface area contributed by atoms with Crippen molar-refractivity contribution in [3.63, 3.8) is 0 Å². The van der Waals surface area contributed by atoms with Crippen LogP contribution in [0.15, 0.2) is 18.2 Å². The van der Waals surface area contributed by atoms with Crippen LogP contribution >= 0.6 is 12.2 Å². The van der Waals surface area contributed by atoms with Gasteiger partial charge in [-0.3, -0.25) is 4.57 Å². The Kier molecular flexibility index (Phi) is 3.12. The van der Waals surface area contributed by atoms with Crippen molar-refractivity contribution in [3.05, 3.63) is 28.5 Å². The Labute approximate surface area is 115 Å². The molecule has 6 nitrogen and oxygen atoms in total. The Morgan fingerprint density at radius 1 is 1.32 bits per heavy atom. The standard InChI is InChI=1S/C12H14N4O2S/c13-11-14-15-12(19)16(11)4-3-8-1-2-9-10(7-8)18-6-5-17-9/h1-2,7H,3-6H2,(H2,13,14)(H,15,19). The van der Waals surface area contributed by atoms with Gasteiger partial charge in [0.05, 0.1) is 0 Å². The minimum Gasteiger partial charge on any atom is -0.486 e. The molecule has 0 bridgehead atoms. The maximum absolute atomic E-state index is 5.73. The molecule has 2 heterocycles. The molecule has 0 fully saturated rings. The number of nitrogen functional groups attached to an aromatic ring is 1. The number of nitrogens with one attached hydrogen (secondary N) is 1. The van der Waals surface area contributed by atoms with E-state index in [1.165, 1.54) is 0 Å². The van der Waals surface area contributed by atoms with Crippen LogP contribution in [-0.2, 0) is 13.0 Å². The normalized spacial score (nSPS) is 13.5. The number of H-pyrrole nitrogens is 1. The van der Waals surface area contributed by atoms with Crippen LogP contribution in [0, 0.1) is 4.77 Å². The van der Waals surface area contributed by atoms with Crippen molar-refractivity contribution in [2.45, 2.75) is 13.0 Å². The van der Waals surface area contributed by atoms with Gasteiger partial charge in [-0.05, 0) is 36.3 Å². The van der Waals surface area contributed by atoms with Gasteiger partial charge in [0.15, 0.2) is 16.3 Å². The summed E-state index contributed by atoms with van der Waals surface area (Å²) in [6.45, 7) is 1.88. The minimum atomic E-state index is 0.405. The first-order valence-electron chi connectivity index (χ1n) is 6.03. The number of nitrogens with zero attached hydrogens (tertiary/aromatic N) is 2. The summed E-state index contributed by atoms with van der Waals surface area (Å²) in [6.07, 6.45) is 0.800. The second-order valence-corrected chi connectivity index (χ2v) is 4.65. The van der Waals surface area contributed by atoms with Gasteiger partial charge >= 0.3 is 0 Å². The molecule has 0 saturated carbocycles. The van der Waals surface area contributed by atoms with E-state index in [1.54, 1.807) is 4.57 Å². The van der Waals surface area contributed by atoms with Crippen LogP contribution in [0.3, 0.4) is 0 Å². The number of ether oxygens (including phenoxy) is 2. The molecule has 1 aliphatic rings. The summed E-state index contributed by atoms with van der Waals surface area (Å²) in [5, 5.41) is 6.55. The molecule has 0 spiro atoms. The number of hydrogen-bond acceptors (Lipinski definition) is 5. The first-order valence-corrected chi connectivity index (χ1v) is 6.44. The third kappa shape index (κ3) is 2.41. The van der Waals surface area contributed by atoms with Gasteiger partial charge in [-0.15, -0.1) is 5.10 Å². The first-order chi connectivity index (χ1) is 9.24. The monoisotopic (exact) mass is 278 g/mol. The van der Waals surface area contributed by atoms with Crippen LogP contribution in [0.2, 0.25) is 0 Å². The molecule has 19 heavy (non-hydrogen) atoms. The van der Waals surface area contributed by atoms with Gasteiger partial charge in [0, 0.05) is 6.54 Å². The van der Waals surface area contributed by atoms with E-state index in [1.807, 2.05) is 18.2 Å². The van der Waals surface area contributed by atoms with E-state index in [9.17, 15) is 0 Å². The predicted molar refractivity (Wildman–Crippen MR) is 73.0 cm³/mol. The molecule has 0 radical (unpaired) electrons. The quantitative estimate of drug-likeness (QED) is 0.833. The molecular formula is C12H14N4O2S. The van der Waals surface area contributed by atoms with E-state index < -0.39 is 0 Å². The fraction of sp³-hybridized carbons (Fsp3) is 0.333. The van der Waals surface area contributed by atoms with Crippen molar-refractivity contribution in [3.8, 4) is 11.5 Å². The van der Waals surface area contributed by atoms with Gasteiger partial charge in [-0.2, -0.15) is 0 Å². The summed E-state index contributed by atoms with van der Waals surface area (Å²) in [4.78, 5) is 0. The average molecular weight is 278 g/mol. The zero-order valence-corrected chi connectivity index (χ0v) is 11.1. The number of fused-ring (bicyclic) bond motifs is 1. The lowest BCUT2D eigenvalue weighted by atomic mass is 10.1. The summed E-state index contributed by atoms with van der Waals surface area (Å²) in [6, 6.07) is 5.95. The number of aromatic amines is 1. The van der Waals surface area contributed by atoms with Gasteiger partial charge < -0.3 is 15.2 Å². The lowest BCUT2D eigenvalue weighted by molar-refractivity contribution is 0.171. The van der Waals surface area contributed by atoms with Crippen LogP contribution in [0.25, 0.3) is 0 Å². The highest BCUT2D eigenvalue weighted by atomic mass is 32.1. The number of benzene rings is 1. The molecule has 0 amide bonds. The maximum atomic E-state index is 5.73. The summed E-state index contributed by atoms with van der Waals surface area (Å²) in [5.41, 5.74) is 6.87. The maximum Gasteiger partial charge on any atom is 0.220 e. The summed E-state index contributed by atoms with van der Waals surface area (Å²) < 4.78 is 13.3. The molecule has 3 N–H and O–H groups in total. The van der Waals surface area contributed by atoms with Crippen LogP contribution < -0.4 is 15.2 Å². The summed E-state index contributed by atoms with van der Waals surface area (Å²) in [5.74, 6) is 2.00. The lowest BCUT2D eigenvalue weighted by Crippen LogP contribution is -2.15. The van der Waals surface area contributed by atoms with E-state index >= 15 is 0 Å². The Hall–Kier alpha value is -2.02. The number of rotatable bonds is 3. The van der Waals surface area contributed by atoms with Crippen molar-refractivity contribution in [2.24, 2.45) is 0 Å². The molecule has 2 aromatic rings. The molecular weight excluding hydrogens is 264 g/mol. The average Bonchev–Trinajstić information content (AvgIpc) is 2.76. The first kappa shape index (κ1) is 12.0. The van der Waals surface area contributed by atoms with Gasteiger partial charge in [-0.25, -0.2) is 5.10 Å². The van der Waals surface area contributed by atoms with E-state index in [2.05, 4.69) is 10.2 Å². The number of aromatic nitrogens is 3. The van der Waals surface area contributed by atoms with Gasteiger partial charge in [0.2, 0.25) is 5.95 Å². The zero-order valence-electron chi connectivity index (χ0n) is 10.3. The van der Waals surface area contributed by atoms with Crippen molar-refractivity contribution in [1.29, 1.82) is 0 Å². The minimum absolute atomic E-state index is 0.405. The molecule has 1 aromatic heterocycles. The highest BCUT2D eigenvalue weighted by Gasteiger charge is 2.11. The van der Waals surface area contributed by atoms with E-state index in [0.29, 0.717) is 30.5 Å². The van der Waals surface area contributed by atoms with Gasteiger partial charge in [0.1, 0.15) is 13.2 Å². The number of aryl methyl sites for hydroxylation is 1. The van der Waals surface area contributed by atoms with Crippen LogP contribution in [0.5, 0.6) is 11.5 Å². The third-order valence-electron chi connectivity index (χ3n) is 3.02. The highest BCUT2D eigenvalue weighted by Crippen LogP contribution is 2.30. The van der Waals surface area contributed by atoms with Gasteiger partial charge in [-0.1, -0.05) is 6.07 Å². The molecule has 1 aliphatic heterocycles. The Balaban J connectivity index is 1.75. The second kappa shape index (κ2) is 4.93. The van der Waals surface area contributed by atoms with Crippen molar-refractivity contribution in [1.82, 2.24) is 14.8 Å². The van der Waals surface area contributed by atoms with Crippen molar-refractivity contribution in [2.75, 3.05) is 18.9 Å². The fourth-order valence-corrected chi connectivity index (χ4v) is 2.26. The molecule has 100 valence electrons. The fourth-order valence-electron chi connectivity index (χ4n) is 2.03. The number of hydrogen-bond donors (Lipinski definition) is 2. The number of anilines is 1. The van der Waals surface area contributed by atoms with Crippen LogP contribution in [0.4, 0.5) is 5.95 Å². The van der Waals surface area contributed by atoms with E-state index in [0.717, 1.165) is 23.5 Å². The molecule has 7 heteroatoms. The molecule has 0 saturated heterocycles. The van der Waals surface area contributed by atoms with Crippen molar-refractivity contribution >= 4 is 18.2 Å². The van der Waals surface area contributed by atoms with Crippen LogP contribution in [-0.4, -0.2) is 28.0 Å². The summed E-state index contributed by atoms with van der Waals surface area (Å²) >= 11 is 5.11. The molecule has 0 atom stereocenters. The molecule has 3 rings (SSSR count). The Morgan fingerprint density at radius 2 is 2.11 bits per heavy atom. The highest BCUT2D eigenvalue weighted by molar-refractivity contribution is 7.71. The van der Waals surface area contributed by atoms with E-state index in [4.69, 9.17) is 27.4 Å². The lowest BCUT2D eigenvalue weighted by Gasteiger charge is -2.18. The summed E-state index contributed by atoms with van der Waals surface area (Å²) in [7, 11) is 0. The third-order valence-corrected chi connectivity index (χ3v) is 3.33. The SMILES string of the molecule is Nc1n[nH]c(=S)n1CCc1ccc2c(c1)OCCO2.